The van der Waals surface area contributed by atoms with Gasteiger partial charge in [-0.25, -0.2) is 0 Å². The van der Waals surface area contributed by atoms with Crippen LogP contribution in [0.4, 0.5) is 0 Å². The molecule has 0 aromatic carbocycles. The number of nitrogens with zero attached hydrogens (tertiary/aromatic N) is 1. The van der Waals surface area contributed by atoms with Gasteiger partial charge in [-0.3, -0.25) is 0 Å². The third-order valence-corrected chi connectivity index (χ3v) is 5.74. The maximum Gasteiger partial charge on any atom is 0.0223 e. The highest BCUT2D eigenvalue weighted by Gasteiger charge is 2.29. The van der Waals surface area contributed by atoms with Gasteiger partial charge in [0.2, 0.25) is 0 Å². The molecule has 20 heavy (non-hydrogen) atoms. The predicted molar refractivity (Wildman–Crippen MR) is 88.0 cm³/mol. The van der Waals surface area contributed by atoms with Gasteiger partial charge in [-0.2, -0.15) is 0 Å². The molecule has 0 bridgehead atoms. The predicted octanol–water partition coefficient (Wildman–Crippen LogP) is 3.91. The first kappa shape index (κ1) is 16.3. The Morgan fingerprint density at radius 2 is 1.80 bits per heavy atom. The van der Waals surface area contributed by atoms with Crippen LogP contribution in [0, 0.1) is 17.3 Å². The molecule has 1 aliphatic carbocycles. The molecule has 0 amide bonds. The average molecular weight is 280 g/mol. The molecule has 2 unspecified atom stereocenters. The molecule has 2 heteroatoms. The lowest BCUT2D eigenvalue weighted by molar-refractivity contribution is 0.144. The highest BCUT2D eigenvalue weighted by atomic mass is 15.2. The quantitative estimate of drug-likeness (QED) is 0.843. The number of rotatable bonds is 3. The number of hydrogen-bond donors (Lipinski definition) is 1. The molecule has 1 saturated heterocycles. The minimum Gasteiger partial charge on any atom is -0.312 e. The molecule has 2 aliphatic rings. The van der Waals surface area contributed by atoms with E-state index in [0.717, 1.165) is 17.9 Å². The van der Waals surface area contributed by atoms with Crippen molar-refractivity contribution in [3.63, 3.8) is 0 Å². The van der Waals surface area contributed by atoms with Crippen molar-refractivity contribution in [2.45, 2.75) is 72.3 Å². The first-order valence-corrected chi connectivity index (χ1v) is 8.92. The van der Waals surface area contributed by atoms with Crippen LogP contribution in [0.1, 0.15) is 66.2 Å². The van der Waals surface area contributed by atoms with E-state index in [2.05, 4.69) is 37.9 Å². The molecule has 1 aliphatic heterocycles. The van der Waals surface area contributed by atoms with Crippen molar-refractivity contribution in [2.24, 2.45) is 17.3 Å². The topological polar surface area (TPSA) is 15.3 Å². The molecule has 0 radical (unpaired) electrons. The van der Waals surface area contributed by atoms with Crippen molar-refractivity contribution in [3.05, 3.63) is 0 Å². The minimum atomic E-state index is 0.431. The van der Waals surface area contributed by atoms with Crippen molar-refractivity contribution in [1.82, 2.24) is 10.2 Å². The van der Waals surface area contributed by atoms with Gasteiger partial charge in [0.25, 0.3) is 0 Å². The summed E-state index contributed by atoms with van der Waals surface area (Å²) < 4.78 is 0. The SMILES string of the molecule is CC(CN1CCCNC(C2CCCCC2)C1)C(C)(C)C. The van der Waals surface area contributed by atoms with E-state index in [4.69, 9.17) is 0 Å². The summed E-state index contributed by atoms with van der Waals surface area (Å²) in [5.41, 5.74) is 0.431. The third kappa shape index (κ3) is 4.73. The molecule has 2 rings (SSSR count). The van der Waals surface area contributed by atoms with Gasteiger partial charge in [0.15, 0.2) is 0 Å². The standard InChI is InChI=1S/C18H36N2/c1-15(18(2,3)4)13-20-12-8-11-19-17(14-20)16-9-6-5-7-10-16/h15-17,19H,5-14H2,1-4H3. The van der Waals surface area contributed by atoms with E-state index >= 15 is 0 Å². The van der Waals surface area contributed by atoms with Gasteiger partial charge in [-0.1, -0.05) is 47.0 Å². The maximum absolute atomic E-state index is 3.85. The molecule has 2 atom stereocenters. The molecule has 1 heterocycles. The van der Waals surface area contributed by atoms with Crippen LogP contribution >= 0.6 is 0 Å². The van der Waals surface area contributed by atoms with Gasteiger partial charge in [-0.15, -0.1) is 0 Å². The Labute approximate surface area is 126 Å². The Kier molecular flexibility index (Phi) is 5.92. The first-order valence-electron chi connectivity index (χ1n) is 8.92. The average Bonchev–Trinajstić information content (AvgIpc) is 2.64. The van der Waals surface area contributed by atoms with Gasteiger partial charge in [-0.05, 0) is 49.6 Å². The van der Waals surface area contributed by atoms with Crippen molar-refractivity contribution < 1.29 is 0 Å². The monoisotopic (exact) mass is 280 g/mol. The van der Waals surface area contributed by atoms with Crippen LogP contribution in [0.2, 0.25) is 0 Å². The van der Waals surface area contributed by atoms with Crippen molar-refractivity contribution in [3.8, 4) is 0 Å². The van der Waals surface area contributed by atoms with Crippen LogP contribution in [0.3, 0.4) is 0 Å². The molecular weight excluding hydrogens is 244 g/mol. The summed E-state index contributed by atoms with van der Waals surface area (Å²) in [5, 5.41) is 3.85. The molecule has 0 aromatic rings. The molecule has 0 aromatic heterocycles. The lowest BCUT2D eigenvalue weighted by Crippen LogP contribution is -2.45. The van der Waals surface area contributed by atoms with E-state index in [1.54, 1.807) is 0 Å². The second kappa shape index (κ2) is 7.26. The van der Waals surface area contributed by atoms with E-state index in [0.29, 0.717) is 5.41 Å². The van der Waals surface area contributed by atoms with Gasteiger partial charge in [0, 0.05) is 19.1 Å². The van der Waals surface area contributed by atoms with Crippen LogP contribution in [-0.2, 0) is 0 Å². The lowest BCUT2D eigenvalue weighted by Gasteiger charge is -2.36. The van der Waals surface area contributed by atoms with Crippen LogP contribution in [0.15, 0.2) is 0 Å². The third-order valence-electron chi connectivity index (χ3n) is 5.74. The molecule has 1 saturated carbocycles. The summed E-state index contributed by atoms with van der Waals surface area (Å²) >= 11 is 0. The van der Waals surface area contributed by atoms with Crippen molar-refractivity contribution >= 4 is 0 Å². The Morgan fingerprint density at radius 1 is 1.10 bits per heavy atom. The second-order valence-electron chi connectivity index (χ2n) is 8.34. The summed E-state index contributed by atoms with van der Waals surface area (Å²) in [6, 6.07) is 0.755. The van der Waals surface area contributed by atoms with E-state index in [-0.39, 0.29) is 0 Å². The molecule has 2 fully saturated rings. The molecule has 118 valence electrons. The lowest BCUT2D eigenvalue weighted by atomic mass is 9.81. The fourth-order valence-electron chi connectivity index (χ4n) is 3.70. The molecule has 0 spiro atoms. The Morgan fingerprint density at radius 3 is 2.45 bits per heavy atom. The van der Waals surface area contributed by atoms with E-state index < -0.39 is 0 Å². The molecule has 2 nitrogen and oxygen atoms in total. The smallest absolute Gasteiger partial charge is 0.0223 e. The fourth-order valence-corrected chi connectivity index (χ4v) is 3.70. The van der Waals surface area contributed by atoms with Gasteiger partial charge >= 0.3 is 0 Å². The van der Waals surface area contributed by atoms with Gasteiger partial charge in [0.1, 0.15) is 0 Å². The van der Waals surface area contributed by atoms with E-state index in [9.17, 15) is 0 Å². The fraction of sp³-hybridized carbons (Fsp3) is 1.00. The number of hydrogen-bond acceptors (Lipinski definition) is 2. The minimum absolute atomic E-state index is 0.431. The molecular formula is C18H36N2. The van der Waals surface area contributed by atoms with Crippen LogP contribution in [0.5, 0.6) is 0 Å². The Hall–Kier alpha value is -0.0800. The highest BCUT2D eigenvalue weighted by Crippen LogP contribution is 2.29. The largest absolute Gasteiger partial charge is 0.312 e. The Bertz CT molecular complexity index is 276. The summed E-state index contributed by atoms with van der Waals surface area (Å²) in [5.74, 6) is 1.71. The van der Waals surface area contributed by atoms with Gasteiger partial charge in [0.05, 0.1) is 0 Å². The zero-order chi connectivity index (χ0) is 14.6. The summed E-state index contributed by atoms with van der Waals surface area (Å²) in [6.45, 7) is 14.6. The van der Waals surface area contributed by atoms with Crippen LogP contribution < -0.4 is 5.32 Å². The van der Waals surface area contributed by atoms with E-state index in [1.807, 2.05) is 0 Å². The summed E-state index contributed by atoms with van der Waals surface area (Å²) in [7, 11) is 0. The summed E-state index contributed by atoms with van der Waals surface area (Å²) in [4.78, 5) is 2.75. The normalized spacial score (nSPS) is 29.1. The van der Waals surface area contributed by atoms with Crippen LogP contribution in [0.25, 0.3) is 0 Å². The second-order valence-corrected chi connectivity index (χ2v) is 8.34. The molecule has 1 N–H and O–H groups in total. The Balaban J connectivity index is 1.89. The van der Waals surface area contributed by atoms with E-state index in [1.165, 1.54) is 64.7 Å². The number of nitrogens with one attached hydrogen (secondary N) is 1. The zero-order valence-electron chi connectivity index (χ0n) is 14.3. The summed E-state index contributed by atoms with van der Waals surface area (Å²) in [6.07, 6.45) is 8.62. The van der Waals surface area contributed by atoms with Crippen LogP contribution in [-0.4, -0.2) is 37.1 Å². The van der Waals surface area contributed by atoms with Gasteiger partial charge < -0.3 is 10.2 Å². The highest BCUT2D eigenvalue weighted by molar-refractivity contribution is 4.85. The van der Waals surface area contributed by atoms with Crippen molar-refractivity contribution in [2.75, 3.05) is 26.2 Å². The van der Waals surface area contributed by atoms with Crippen molar-refractivity contribution in [1.29, 1.82) is 0 Å². The zero-order valence-corrected chi connectivity index (χ0v) is 14.3. The maximum atomic E-state index is 3.85. The first-order chi connectivity index (χ1) is 9.47.